The van der Waals surface area contributed by atoms with Crippen molar-refractivity contribution in [2.24, 2.45) is 0 Å². The quantitative estimate of drug-likeness (QED) is 0.877. The molecule has 7 nitrogen and oxygen atoms in total. The Labute approximate surface area is 141 Å². The van der Waals surface area contributed by atoms with Gasteiger partial charge in [0.15, 0.2) is 5.69 Å². The molecular formula is C17H22N4O3. The molecule has 0 aliphatic heterocycles. The Balaban J connectivity index is 1.86. The van der Waals surface area contributed by atoms with Gasteiger partial charge in [-0.1, -0.05) is 18.1 Å². The molecule has 0 unspecified atom stereocenters. The number of methoxy groups -OCH3 is 2. The summed E-state index contributed by atoms with van der Waals surface area (Å²) in [4.78, 5) is 12.5. The number of nitrogens with one attached hydrogen (secondary N) is 1. The van der Waals surface area contributed by atoms with Crippen LogP contribution in [-0.4, -0.2) is 41.2 Å². The fourth-order valence-electron chi connectivity index (χ4n) is 3.00. The van der Waals surface area contributed by atoms with E-state index >= 15 is 0 Å². The van der Waals surface area contributed by atoms with Crippen LogP contribution in [0.25, 0.3) is 5.69 Å². The number of carbonyl (C=O) groups excluding carboxylic acids is 1. The number of nitrogens with zero attached hydrogens (tertiary/aromatic N) is 3. The van der Waals surface area contributed by atoms with Gasteiger partial charge in [0.1, 0.15) is 11.4 Å². The maximum atomic E-state index is 12.5. The van der Waals surface area contributed by atoms with E-state index in [1.54, 1.807) is 18.9 Å². The molecule has 7 heteroatoms. The molecule has 1 aliphatic carbocycles. The molecule has 1 aliphatic rings. The number of aromatic nitrogens is 3. The lowest BCUT2D eigenvalue weighted by Gasteiger charge is -2.12. The molecule has 1 N–H and O–H groups in total. The summed E-state index contributed by atoms with van der Waals surface area (Å²) < 4.78 is 12.0. The summed E-state index contributed by atoms with van der Waals surface area (Å²) in [6.45, 7) is 0.256. The lowest BCUT2D eigenvalue weighted by molar-refractivity contribution is 0.0927. The third-order valence-electron chi connectivity index (χ3n) is 4.27. The van der Waals surface area contributed by atoms with Gasteiger partial charge in [-0.15, -0.1) is 5.10 Å². The van der Waals surface area contributed by atoms with Crippen LogP contribution < -0.4 is 10.1 Å². The maximum Gasteiger partial charge on any atom is 0.274 e. The van der Waals surface area contributed by atoms with Crippen molar-refractivity contribution >= 4 is 5.91 Å². The van der Waals surface area contributed by atoms with E-state index in [2.05, 4.69) is 15.6 Å². The number of amides is 1. The SMILES string of the molecule is COCc1c(C(=O)NC2CCCC2)nnn1-c1ccc(OC)cc1. The second-order valence-corrected chi connectivity index (χ2v) is 5.88. The van der Waals surface area contributed by atoms with Gasteiger partial charge in [-0.05, 0) is 37.1 Å². The van der Waals surface area contributed by atoms with E-state index in [1.807, 2.05) is 24.3 Å². The lowest BCUT2D eigenvalue weighted by atomic mass is 10.2. The summed E-state index contributed by atoms with van der Waals surface area (Å²) >= 11 is 0. The highest BCUT2D eigenvalue weighted by Crippen LogP contribution is 2.20. The average Bonchev–Trinajstić information content (AvgIpc) is 3.25. The zero-order valence-electron chi connectivity index (χ0n) is 14.0. The summed E-state index contributed by atoms with van der Waals surface area (Å²) in [5.74, 6) is 0.570. The van der Waals surface area contributed by atoms with E-state index < -0.39 is 0 Å². The number of hydrogen-bond acceptors (Lipinski definition) is 5. The van der Waals surface area contributed by atoms with Crippen LogP contribution in [0.5, 0.6) is 5.75 Å². The van der Waals surface area contributed by atoms with Gasteiger partial charge in [-0.2, -0.15) is 0 Å². The van der Waals surface area contributed by atoms with Crippen molar-refractivity contribution in [2.75, 3.05) is 14.2 Å². The fourth-order valence-corrected chi connectivity index (χ4v) is 3.00. The van der Waals surface area contributed by atoms with Crippen molar-refractivity contribution < 1.29 is 14.3 Å². The van der Waals surface area contributed by atoms with E-state index in [-0.39, 0.29) is 18.6 Å². The summed E-state index contributed by atoms with van der Waals surface area (Å²) in [7, 11) is 3.20. The molecule has 0 saturated heterocycles. The van der Waals surface area contributed by atoms with Crippen molar-refractivity contribution in [2.45, 2.75) is 38.3 Å². The van der Waals surface area contributed by atoms with Crippen LogP contribution in [0, 0.1) is 0 Å². The van der Waals surface area contributed by atoms with Gasteiger partial charge in [0.2, 0.25) is 0 Å². The van der Waals surface area contributed by atoms with E-state index in [0.29, 0.717) is 11.4 Å². The van der Waals surface area contributed by atoms with Crippen molar-refractivity contribution in [3.05, 3.63) is 35.7 Å². The zero-order valence-corrected chi connectivity index (χ0v) is 14.0. The molecule has 128 valence electrons. The van der Waals surface area contributed by atoms with Gasteiger partial charge in [0.05, 0.1) is 19.4 Å². The number of hydrogen-bond donors (Lipinski definition) is 1. The first-order valence-corrected chi connectivity index (χ1v) is 8.11. The summed E-state index contributed by atoms with van der Waals surface area (Å²) in [6, 6.07) is 7.65. The van der Waals surface area contributed by atoms with Crippen molar-refractivity contribution in [3.63, 3.8) is 0 Å². The van der Waals surface area contributed by atoms with E-state index in [1.165, 1.54) is 0 Å². The van der Waals surface area contributed by atoms with Gasteiger partial charge in [0, 0.05) is 13.2 Å². The molecular weight excluding hydrogens is 308 g/mol. The van der Waals surface area contributed by atoms with Crippen LogP contribution in [0.3, 0.4) is 0 Å². The molecule has 0 bridgehead atoms. The van der Waals surface area contributed by atoms with Crippen LogP contribution in [0.2, 0.25) is 0 Å². The topological polar surface area (TPSA) is 78.3 Å². The van der Waals surface area contributed by atoms with Gasteiger partial charge in [0.25, 0.3) is 5.91 Å². The fraction of sp³-hybridized carbons (Fsp3) is 0.471. The first kappa shape index (κ1) is 16.4. The zero-order chi connectivity index (χ0) is 16.9. The number of carbonyl (C=O) groups is 1. The minimum atomic E-state index is -0.186. The molecule has 24 heavy (non-hydrogen) atoms. The molecule has 3 rings (SSSR count). The third kappa shape index (κ3) is 3.41. The highest BCUT2D eigenvalue weighted by Gasteiger charge is 2.24. The minimum absolute atomic E-state index is 0.186. The summed E-state index contributed by atoms with van der Waals surface area (Å²) in [5.41, 5.74) is 1.76. The number of benzene rings is 1. The van der Waals surface area contributed by atoms with Crippen molar-refractivity contribution in [1.29, 1.82) is 0 Å². The highest BCUT2D eigenvalue weighted by molar-refractivity contribution is 5.93. The highest BCUT2D eigenvalue weighted by atomic mass is 16.5. The van der Waals surface area contributed by atoms with Crippen LogP contribution in [0.15, 0.2) is 24.3 Å². The predicted molar refractivity (Wildman–Crippen MR) is 88.3 cm³/mol. The Morgan fingerprint density at radius 1 is 1.25 bits per heavy atom. The smallest absolute Gasteiger partial charge is 0.274 e. The Morgan fingerprint density at radius 2 is 1.96 bits per heavy atom. The summed E-state index contributed by atoms with van der Waals surface area (Å²) in [6.07, 6.45) is 4.37. The number of rotatable bonds is 6. The molecule has 2 aromatic rings. The molecule has 0 radical (unpaired) electrons. The van der Waals surface area contributed by atoms with Gasteiger partial charge in [-0.25, -0.2) is 4.68 Å². The van der Waals surface area contributed by atoms with Gasteiger partial charge >= 0.3 is 0 Å². The van der Waals surface area contributed by atoms with Crippen LogP contribution in [0.1, 0.15) is 41.9 Å². The van der Waals surface area contributed by atoms with E-state index in [9.17, 15) is 4.79 Å². The Kier molecular flexibility index (Phi) is 5.10. The monoisotopic (exact) mass is 330 g/mol. The predicted octanol–water partition coefficient (Wildman–Crippen LogP) is 2.09. The van der Waals surface area contributed by atoms with Gasteiger partial charge < -0.3 is 14.8 Å². The van der Waals surface area contributed by atoms with Crippen molar-refractivity contribution in [3.8, 4) is 11.4 Å². The Bertz CT molecular complexity index is 690. The summed E-state index contributed by atoms with van der Waals surface area (Å²) in [5, 5.41) is 11.3. The van der Waals surface area contributed by atoms with E-state index in [4.69, 9.17) is 9.47 Å². The minimum Gasteiger partial charge on any atom is -0.497 e. The Morgan fingerprint density at radius 3 is 2.58 bits per heavy atom. The largest absolute Gasteiger partial charge is 0.497 e. The maximum absolute atomic E-state index is 12.5. The second-order valence-electron chi connectivity index (χ2n) is 5.88. The lowest BCUT2D eigenvalue weighted by Crippen LogP contribution is -2.33. The second kappa shape index (κ2) is 7.44. The van der Waals surface area contributed by atoms with Crippen LogP contribution in [0.4, 0.5) is 0 Å². The first-order chi connectivity index (χ1) is 11.7. The molecule has 1 aromatic carbocycles. The molecule has 1 heterocycles. The third-order valence-corrected chi connectivity index (χ3v) is 4.27. The normalized spacial score (nSPS) is 14.8. The van der Waals surface area contributed by atoms with Crippen LogP contribution in [-0.2, 0) is 11.3 Å². The molecule has 0 atom stereocenters. The average molecular weight is 330 g/mol. The first-order valence-electron chi connectivity index (χ1n) is 8.11. The molecule has 0 spiro atoms. The molecule has 1 aromatic heterocycles. The molecule has 1 saturated carbocycles. The molecule has 1 fully saturated rings. The van der Waals surface area contributed by atoms with Crippen molar-refractivity contribution in [1.82, 2.24) is 20.3 Å². The Hall–Kier alpha value is -2.41. The van der Waals surface area contributed by atoms with Crippen LogP contribution >= 0.6 is 0 Å². The van der Waals surface area contributed by atoms with Gasteiger partial charge in [-0.3, -0.25) is 4.79 Å². The standard InChI is InChI=1S/C17H22N4O3/c1-23-11-15-16(17(22)18-12-5-3-4-6-12)19-20-21(15)13-7-9-14(24-2)10-8-13/h7-10,12H,3-6,11H2,1-2H3,(H,18,22). The van der Waals surface area contributed by atoms with E-state index in [0.717, 1.165) is 37.1 Å². The number of ether oxygens (including phenoxy) is 2. The molecule has 1 amide bonds.